The molecule has 4 rings (SSSR count). The minimum atomic E-state index is -3.83. The minimum Gasteiger partial charge on any atom is -0.326 e. The number of nitrogens with zero attached hydrogens (tertiary/aromatic N) is 1. The number of nitrogens with one attached hydrogen (secondary N) is 1. The Morgan fingerprint density at radius 2 is 1.27 bits per heavy atom. The molecular weight excluding hydrogens is 432 g/mol. The molecule has 0 aromatic heterocycles. The lowest BCUT2D eigenvalue weighted by molar-refractivity contribution is -0.115. The average Bonchev–Trinajstić information content (AvgIpc) is 2.84. The first-order chi connectivity index (χ1) is 16.0. The number of carbonyl (C=O) groups excluding carboxylic acids is 1. The van der Waals surface area contributed by atoms with Crippen LogP contribution in [0, 0.1) is 0 Å². The highest BCUT2D eigenvalue weighted by molar-refractivity contribution is 7.92. The van der Waals surface area contributed by atoms with E-state index in [1.165, 1.54) is 4.31 Å². The molecule has 0 aliphatic rings. The van der Waals surface area contributed by atoms with Crippen LogP contribution in [0.2, 0.25) is 0 Å². The second-order valence-corrected chi connectivity index (χ2v) is 9.43. The summed E-state index contributed by atoms with van der Waals surface area (Å²) in [6.07, 6.45) is 0.237. The summed E-state index contributed by atoms with van der Waals surface area (Å²) in [5, 5.41) is 2.88. The third-order valence-corrected chi connectivity index (χ3v) is 6.91. The molecule has 6 heteroatoms. The minimum absolute atomic E-state index is 0.166. The van der Waals surface area contributed by atoms with Gasteiger partial charge in [-0.05, 0) is 41.5 Å². The molecule has 0 bridgehead atoms. The maximum Gasteiger partial charge on any atom is 0.264 e. The summed E-state index contributed by atoms with van der Waals surface area (Å²) in [4.78, 5) is 12.7. The summed E-state index contributed by atoms with van der Waals surface area (Å²) in [6, 6.07) is 34.2. The number of hydrogen-bond donors (Lipinski definition) is 1. The number of sulfonamides is 1. The summed E-state index contributed by atoms with van der Waals surface area (Å²) >= 11 is 0. The first-order valence-corrected chi connectivity index (χ1v) is 12.0. The molecule has 0 radical (unpaired) electrons. The van der Waals surface area contributed by atoms with E-state index in [-0.39, 0.29) is 23.8 Å². The summed E-state index contributed by atoms with van der Waals surface area (Å²) in [5.41, 5.74) is 2.77. The van der Waals surface area contributed by atoms with Crippen LogP contribution in [0.1, 0.15) is 11.1 Å². The number of amides is 1. The normalized spacial score (nSPS) is 11.0. The predicted molar refractivity (Wildman–Crippen MR) is 131 cm³/mol. The highest BCUT2D eigenvalue weighted by Gasteiger charge is 2.25. The molecule has 0 aliphatic heterocycles. The van der Waals surface area contributed by atoms with Crippen molar-refractivity contribution in [3.8, 4) is 0 Å². The largest absolute Gasteiger partial charge is 0.326 e. The van der Waals surface area contributed by atoms with Crippen LogP contribution in [0.5, 0.6) is 0 Å². The van der Waals surface area contributed by atoms with Gasteiger partial charge in [0.25, 0.3) is 10.0 Å². The van der Waals surface area contributed by atoms with Gasteiger partial charge >= 0.3 is 0 Å². The lowest BCUT2D eigenvalue weighted by atomic mass is 10.1. The Morgan fingerprint density at radius 3 is 1.91 bits per heavy atom. The van der Waals surface area contributed by atoms with Crippen molar-refractivity contribution in [3.05, 3.63) is 126 Å². The van der Waals surface area contributed by atoms with Gasteiger partial charge in [0.2, 0.25) is 5.91 Å². The fraction of sp³-hybridized carbons (Fsp3) is 0.0741. The van der Waals surface area contributed by atoms with Crippen LogP contribution in [-0.4, -0.2) is 14.3 Å². The molecule has 1 amide bonds. The molecule has 166 valence electrons. The van der Waals surface area contributed by atoms with E-state index in [4.69, 9.17) is 0 Å². The molecule has 0 aliphatic carbocycles. The second kappa shape index (κ2) is 10.1. The van der Waals surface area contributed by atoms with Gasteiger partial charge in [0.15, 0.2) is 0 Å². The van der Waals surface area contributed by atoms with Crippen LogP contribution >= 0.6 is 0 Å². The topological polar surface area (TPSA) is 66.5 Å². The van der Waals surface area contributed by atoms with Gasteiger partial charge in [-0.2, -0.15) is 0 Å². The first-order valence-electron chi connectivity index (χ1n) is 10.6. The first kappa shape index (κ1) is 22.3. The quantitative estimate of drug-likeness (QED) is 0.393. The van der Waals surface area contributed by atoms with E-state index in [0.29, 0.717) is 11.4 Å². The standard InChI is InChI=1S/C27H24N2O3S/c30-27(19-22-11-4-1-5-12-22)28-24-15-10-16-25(20-24)29(21-23-13-6-2-7-14-23)33(31,32)26-17-8-3-9-18-26/h1-18,20H,19,21H2,(H,28,30). The number of carbonyl (C=O) groups is 1. The Labute approximate surface area is 194 Å². The molecule has 0 fully saturated rings. The van der Waals surface area contributed by atoms with Crippen LogP contribution in [0.3, 0.4) is 0 Å². The van der Waals surface area contributed by atoms with E-state index in [2.05, 4.69) is 5.32 Å². The van der Waals surface area contributed by atoms with Gasteiger partial charge in [0.1, 0.15) is 0 Å². The van der Waals surface area contributed by atoms with Crippen molar-refractivity contribution in [2.24, 2.45) is 0 Å². The van der Waals surface area contributed by atoms with Gasteiger partial charge in [-0.3, -0.25) is 9.10 Å². The van der Waals surface area contributed by atoms with Gasteiger partial charge in [0.05, 0.1) is 23.5 Å². The number of benzene rings is 4. The fourth-order valence-corrected chi connectivity index (χ4v) is 4.97. The van der Waals surface area contributed by atoms with Crippen molar-refractivity contribution in [1.82, 2.24) is 0 Å². The Bertz CT molecular complexity index is 1310. The van der Waals surface area contributed by atoms with E-state index in [0.717, 1.165) is 11.1 Å². The monoisotopic (exact) mass is 456 g/mol. The predicted octanol–water partition coefficient (Wildman–Crippen LogP) is 5.26. The summed E-state index contributed by atoms with van der Waals surface area (Å²) in [5.74, 6) is -0.168. The Hall–Kier alpha value is -3.90. The fourth-order valence-electron chi connectivity index (χ4n) is 3.51. The molecule has 5 nitrogen and oxygen atoms in total. The SMILES string of the molecule is O=C(Cc1ccccc1)Nc1cccc(N(Cc2ccccc2)S(=O)(=O)c2ccccc2)c1. The van der Waals surface area contributed by atoms with E-state index >= 15 is 0 Å². The van der Waals surface area contributed by atoms with E-state index in [1.54, 1.807) is 54.6 Å². The van der Waals surface area contributed by atoms with Gasteiger partial charge in [-0.15, -0.1) is 0 Å². The molecule has 0 saturated heterocycles. The van der Waals surface area contributed by atoms with Gasteiger partial charge in [-0.25, -0.2) is 8.42 Å². The smallest absolute Gasteiger partial charge is 0.264 e. The van der Waals surface area contributed by atoms with Crippen molar-refractivity contribution < 1.29 is 13.2 Å². The molecule has 0 spiro atoms. The van der Waals surface area contributed by atoms with Crippen molar-refractivity contribution >= 4 is 27.3 Å². The van der Waals surface area contributed by atoms with Gasteiger partial charge < -0.3 is 5.32 Å². The van der Waals surface area contributed by atoms with Gasteiger partial charge in [0, 0.05) is 5.69 Å². The Kier molecular flexibility index (Phi) is 6.86. The zero-order valence-corrected chi connectivity index (χ0v) is 18.8. The molecular formula is C27H24N2O3S. The average molecular weight is 457 g/mol. The van der Waals surface area contributed by atoms with Crippen LogP contribution < -0.4 is 9.62 Å². The van der Waals surface area contributed by atoms with Crippen molar-refractivity contribution in [2.45, 2.75) is 17.9 Å². The van der Waals surface area contributed by atoms with E-state index in [9.17, 15) is 13.2 Å². The summed E-state index contributed by atoms with van der Waals surface area (Å²) in [6.45, 7) is 0.166. The zero-order valence-electron chi connectivity index (χ0n) is 18.0. The van der Waals surface area contributed by atoms with Crippen molar-refractivity contribution in [2.75, 3.05) is 9.62 Å². The molecule has 4 aromatic carbocycles. The Balaban J connectivity index is 1.64. The molecule has 4 aromatic rings. The number of anilines is 2. The lowest BCUT2D eigenvalue weighted by Crippen LogP contribution is -2.30. The third kappa shape index (κ3) is 5.67. The highest BCUT2D eigenvalue weighted by atomic mass is 32.2. The third-order valence-electron chi connectivity index (χ3n) is 5.13. The van der Waals surface area contributed by atoms with Crippen molar-refractivity contribution in [3.63, 3.8) is 0 Å². The van der Waals surface area contributed by atoms with Crippen LogP contribution in [0.4, 0.5) is 11.4 Å². The van der Waals surface area contributed by atoms with Crippen LogP contribution in [0.25, 0.3) is 0 Å². The van der Waals surface area contributed by atoms with Crippen LogP contribution in [-0.2, 0) is 27.8 Å². The number of hydrogen-bond acceptors (Lipinski definition) is 3. The summed E-state index contributed by atoms with van der Waals surface area (Å²) < 4.78 is 28.5. The van der Waals surface area contributed by atoms with Crippen molar-refractivity contribution in [1.29, 1.82) is 0 Å². The molecule has 0 heterocycles. The molecule has 1 N–H and O–H groups in total. The maximum atomic E-state index is 13.6. The Morgan fingerprint density at radius 1 is 0.697 bits per heavy atom. The lowest BCUT2D eigenvalue weighted by Gasteiger charge is -2.25. The molecule has 33 heavy (non-hydrogen) atoms. The highest BCUT2D eigenvalue weighted by Crippen LogP contribution is 2.28. The molecule has 0 unspecified atom stereocenters. The molecule has 0 atom stereocenters. The van der Waals surface area contributed by atoms with E-state index < -0.39 is 10.0 Å². The maximum absolute atomic E-state index is 13.6. The number of rotatable bonds is 8. The molecule has 0 saturated carbocycles. The van der Waals surface area contributed by atoms with Crippen LogP contribution in [0.15, 0.2) is 120 Å². The van der Waals surface area contributed by atoms with Gasteiger partial charge in [-0.1, -0.05) is 84.9 Å². The second-order valence-electron chi connectivity index (χ2n) is 7.57. The van der Waals surface area contributed by atoms with E-state index in [1.807, 2.05) is 60.7 Å². The summed E-state index contributed by atoms with van der Waals surface area (Å²) in [7, 11) is -3.83. The zero-order chi connectivity index (χ0) is 23.1.